The number of aromatic nitrogens is 1. The van der Waals surface area contributed by atoms with Gasteiger partial charge in [0.05, 0.1) is 17.0 Å². The van der Waals surface area contributed by atoms with E-state index in [9.17, 15) is 8.42 Å². The van der Waals surface area contributed by atoms with E-state index < -0.39 is 10.0 Å². The van der Waals surface area contributed by atoms with Crippen molar-refractivity contribution in [3.8, 4) is 0 Å². The molecule has 2 heterocycles. The van der Waals surface area contributed by atoms with Gasteiger partial charge in [-0.3, -0.25) is 4.98 Å². The minimum absolute atomic E-state index is 0. The Morgan fingerprint density at radius 2 is 2.25 bits per heavy atom. The third-order valence-electron chi connectivity index (χ3n) is 2.80. The topological polar surface area (TPSA) is 71.1 Å². The summed E-state index contributed by atoms with van der Waals surface area (Å²) in [5.41, 5.74) is 2.66. The third kappa shape index (κ3) is 5.03. The van der Waals surface area contributed by atoms with E-state index in [4.69, 9.17) is 11.6 Å². The van der Waals surface area contributed by atoms with Gasteiger partial charge >= 0.3 is 0 Å². The van der Waals surface area contributed by atoms with Crippen LogP contribution in [0.3, 0.4) is 0 Å². The van der Waals surface area contributed by atoms with E-state index in [1.54, 1.807) is 12.3 Å². The fourth-order valence-corrected chi connectivity index (χ4v) is 2.60. The molecule has 0 saturated heterocycles. The van der Waals surface area contributed by atoms with Crippen LogP contribution in [0, 0.1) is 0 Å². The van der Waals surface area contributed by atoms with Gasteiger partial charge in [0.2, 0.25) is 10.0 Å². The maximum Gasteiger partial charge on any atom is 0.209 e. The first kappa shape index (κ1) is 17.4. The molecule has 2 rings (SSSR count). The molecular weight excluding hydrogens is 321 g/mol. The smallest absolute Gasteiger partial charge is 0.209 e. The van der Waals surface area contributed by atoms with Crippen LogP contribution in [0.5, 0.6) is 0 Å². The maximum atomic E-state index is 11.0. The van der Waals surface area contributed by atoms with Crippen molar-refractivity contribution in [3.05, 3.63) is 34.6 Å². The van der Waals surface area contributed by atoms with Crippen LogP contribution in [-0.4, -0.2) is 32.7 Å². The molecule has 0 amide bonds. The number of nitrogens with zero attached hydrogens (tertiary/aromatic N) is 1. The number of nitrogens with one attached hydrogen (secondary N) is 2. The van der Waals surface area contributed by atoms with Gasteiger partial charge in [-0.1, -0.05) is 17.7 Å². The van der Waals surface area contributed by atoms with Crippen LogP contribution in [0.2, 0.25) is 5.02 Å². The summed E-state index contributed by atoms with van der Waals surface area (Å²) in [4.78, 5) is 4.34. The molecule has 0 aliphatic carbocycles. The largest absolute Gasteiger partial charge is 0.313 e. The minimum Gasteiger partial charge on any atom is -0.313 e. The predicted molar refractivity (Wildman–Crippen MR) is 83.6 cm³/mol. The van der Waals surface area contributed by atoms with Gasteiger partial charge in [-0.2, -0.15) is 0 Å². The van der Waals surface area contributed by atoms with Gasteiger partial charge in [-0.25, -0.2) is 13.1 Å². The van der Waals surface area contributed by atoms with Crippen LogP contribution < -0.4 is 10.0 Å². The fraction of sp³-hybridized carbons (Fsp3) is 0.417. The summed E-state index contributed by atoms with van der Waals surface area (Å²) in [7, 11) is -3.21. The normalized spacial score (nSPS) is 15.4. The van der Waals surface area contributed by atoms with E-state index in [-0.39, 0.29) is 19.0 Å². The molecule has 20 heavy (non-hydrogen) atoms. The molecule has 112 valence electrons. The van der Waals surface area contributed by atoms with Gasteiger partial charge in [-0.05, 0) is 30.2 Å². The highest BCUT2D eigenvalue weighted by molar-refractivity contribution is 7.88. The van der Waals surface area contributed by atoms with E-state index in [1.165, 1.54) is 0 Å². The fourth-order valence-electron chi connectivity index (χ4n) is 1.86. The molecule has 1 aromatic rings. The lowest BCUT2D eigenvalue weighted by Gasteiger charge is -2.15. The molecule has 0 fully saturated rings. The lowest BCUT2D eigenvalue weighted by atomic mass is 10.0. The Kier molecular flexibility index (Phi) is 6.42. The van der Waals surface area contributed by atoms with Crippen LogP contribution in [0.15, 0.2) is 18.3 Å². The molecule has 1 aliphatic heterocycles. The Morgan fingerprint density at radius 1 is 1.50 bits per heavy atom. The Labute approximate surface area is 130 Å². The Bertz CT molecular complexity index is 603. The highest BCUT2D eigenvalue weighted by atomic mass is 35.5. The second kappa shape index (κ2) is 7.38. The van der Waals surface area contributed by atoms with Crippen molar-refractivity contribution in [2.24, 2.45) is 0 Å². The van der Waals surface area contributed by atoms with Crippen molar-refractivity contribution < 1.29 is 8.42 Å². The van der Waals surface area contributed by atoms with Crippen molar-refractivity contribution in [2.45, 2.75) is 13.0 Å². The summed E-state index contributed by atoms with van der Waals surface area (Å²) in [6.07, 6.45) is 5.75. The first-order valence-corrected chi connectivity index (χ1v) is 8.22. The lowest BCUT2D eigenvalue weighted by molar-refractivity contribution is 0.587. The van der Waals surface area contributed by atoms with Crippen molar-refractivity contribution in [1.82, 2.24) is 15.0 Å². The molecule has 1 aromatic heterocycles. The Hall–Kier alpha value is -0.660. The summed E-state index contributed by atoms with van der Waals surface area (Å²) in [6, 6.07) is 1.75. The SMILES string of the molecule is CS(=O)(=O)NCc1cnc(C2=CCNCC2)c(Cl)c1.Cl. The van der Waals surface area contributed by atoms with Crippen molar-refractivity contribution in [3.63, 3.8) is 0 Å². The van der Waals surface area contributed by atoms with Crippen LogP contribution in [0.4, 0.5) is 0 Å². The third-order valence-corrected chi connectivity index (χ3v) is 3.76. The number of pyridine rings is 1. The van der Waals surface area contributed by atoms with E-state index >= 15 is 0 Å². The number of hydrogen-bond donors (Lipinski definition) is 2. The van der Waals surface area contributed by atoms with Crippen LogP contribution in [0.25, 0.3) is 5.57 Å². The monoisotopic (exact) mass is 337 g/mol. The number of hydrogen-bond acceptors (Lipinski definition) is 4. The predicted octanol–water partition coefficient (Wildman–Crippen LogP) is 1.58. The zero-order valence-corrected chi connectivity index (χ0v) is 13.4. The van der Waals surface area contributed by atoms with Crippen LogP contribution in [0.1, 0.15) is 17.7 Å². The molecule has 0 radical (unpaired) electrons. The number of rotatable bonds is 4. The first-order chi connectivity index (χ1) is 8.96. The number of halogens is 2. The van der Waals surface area contributed by atoms with Gasteiger partial charge in [0.25, 0.3) is 0 Å². The van der Waals surface area contributed by atoms with Crippen molar-refractivity contribution in [1.29, 1.82) is 0 Å². The van der Waals surface area contributed by atoms with E-state index in [2.05, 4.69) is 21.1 Å². The van der Waals surface area contributed by atoms with Crippen molar-refractivity contribution in [2.75, 3.05) is 19.3 Å². The Balaban J connectivity index is 0.00000200. The molecule has 0 atom stereocenters. The standard InChI is InChI=1S/C12H16ClN3O2S.ClH/c1-19(17,18)16-8-9-6-11(13)12(15-7-9)10-2-4-14-5-3-10;/h2,6-7,14,16H,3-5,8H2,1H3;1H. The zero-order chi connectivity index (χ0) is 13.9. The maximum absolute atomic E-state index is 11.0. The average Bonchev–Trinajstić information content (AvgIpc) is 2.37. The molecule has 0 aromatic carbocycles. The van der Waals surface area contributed by atoms with Gasteiger partial charge in [0, 0.05) is 19.3 Å². The lowest BCUT2D eigenvalue weighted by Crippen LogP contribution is -2.22. The van der Waals surface area contributed by atoms with Gasteiger partial charge in [-0.15, -0.1) is 12.4 Å². The molecule has 0 unspecified atom stereocenters. The summed E-state index contributed by atoms with van der Waals surface area (Å²) in [5.74, 6) is 0. The second-order valence-electron chi connectivity index (χ2n) is 4.45. The second-order valence-corrected chi connectivity index (χ2v) is 6.69. The van der Waals surface area contributed by atoms with E-state index in [0.717, 1.165) is 42.6 Å². The van der Waals surface area contributed by atoms with Crippen molar-refractivity contribution >= 4 is 39.6 Å². The number of sulfonamides is 1. The summed E-state index contributed by atoms with van der Waals surface area (Å²) >= 11 is 6.21. The summed E-state index contributed by atoms with van der Waals surface area (Å²) < 4.78 is 24.5. The molecule has 5 nitrogen and oxygen atoms in total. The van der Waals surface area contributed by atoms with Gasteiger partial charge in [0.15, 0.2) is 0 Å². The highest BCUT2D eigenvalue weighted by Crippen LogP contribution is 2.25. The first-order valence-electron chi connectivity index (χ1n) is 5.95. The highest BCUT2D eigenvalue weighted by Gasteiger charge is 2.12. The van der Waals surface area contributed by atoms with Gasteiger partial charge < -0.3 is 5.32 Å². The molecule has 2 N–H and O–H groups in total. The minimum atomic E-state index is -3.21. The molecule has 0 saturated carbocycles. The van der Waals surface area contributed by atoms with Gasteiger partial charge in [0.1, 0.15) is 0 Å². The van der Waals surface area contributed by atoms with Crippen LogP contribution in [-0.2, 0) is 16.6 Å². The summed E-state index contributed by atoms with van der Waals surface area (Å²) in [5, 5.41) is 3.78. The zero-order valence-electron chi connectivity index (χ0n) is 11.0. The quantitative estimate of drug-likeness (QED) is 0.875. The molecule has 8 heteroatoms. The Morgan fingerprint density at radius 3 is 2.80 bits per heavy atom. The molecular formula is C12H17Cl2N3O2S. The molecule has 0 bridgehead atoms. The average molecular weight is 338 g/mol. The van der Waals surface area contributed by atoms with E-state index in [1.807, 2.05) is 0 Å². The summed E-state index contributed by atoms with van der Waals surface area (Å²) in [6.45, 7) is 1.94. The van der Waals surface area contributed by atoms with E-state index in [0.29, 0.717) is 5.02 Å². The van der Waals surface area contributed by atoms with Crippen LogP contribution >= 0.6 is 24.0 Å². The molecule has 0 spiro atoms. The molecule has 1 aliphatic rings.